The first-order chi connectivity index (χ1) is 15.6. The van der Waals surface area contributed by atoms with Crippen LogP contribution in [0.15, 0.2) is 84.9 Å². The van der Waals surface area contributed by atoms with Crippen molar-refractivity contribution in [2.45, 2.75) is 25.3 Å². The van der Waals surface area contributed by atoms with Gasteiger partial charge >= 0.3 is 5.97 Å². The van der Waals surface area contributed by atoms with E-state index in [9.17, 15) is 9.90 Å². The third-order valence-corrected chi connectivity index (χ3v) is 6.00. The highest BCUT2D eigenvalue weighted by Gasteiger charge is 2.29. The third-order valence-electron chi connectivity index (χ3n) is 6.00. The molecule has 1 N–H and O–H groups in total. The molecule has 0 fully saturated rings. The molecule has 164 valence electrons. The van der Waals surface area contributed by atoms with Gasteiger partial charge in [-0.25, -0.2) is 4.79 Å². The van der Waals surface area contributed by atoms with Gasteiger partial charge in [-0.3, -0.25) is 0 Å². The molecule has 0 aliphatic carbocycles. The highest BCUT2D eigenvalue weighted by Crippen LogP contribution is 2.40. The fraction of sp³-hybridized carbons (Fsp3) is 0.250. The number of aromatic nitrogens is 1. The zero-order chi connectivity index (χ0) is 22.5. The van der Waals surface area contributed by atoms with Crippen molar-refractivity contribution in [1.29, 1.82) is 0 Å². The highest BCUT2D eigenvalue weighted by molar-refractivity contribution is 5.99. The molecule has 32 heavy (non-hydrogen) atoms. The van der Waals surface area contributed by atoms with Crippen LogP contribution in [0.3, 0.4) is 0 Å². The lowest BCUT2D eigenvalue weighted by molar-refractivity contribution is 0.0684. The number of hydrogen-bond acceptors (Lipinski definition) is 2. The Hall–Kier alpha value is -3.37. The van der Waals surface area contributed by atoms with Crippen LogP contribution in [0.25, 0.3) is 10.9 Å². The second kappa shape index (κ2) is 9.84. The molecule has 3 aromatic carbocycles. The third kappa shape index (κ3) is 4.46. The number of nitrogens with zero attached hydrogens (tertiary/aromatic N) is 2. The lowest BCUT2D eigenvalue weighted by Gasteiger charge is -2.20. The first kappa shape index (κ1) is 21.8. The van der Waals surface area contributed by atoms with Gasteiger partial charge in [0.1, 0.15) is 5.69 Å². The first-order valence-electron chi connectivity index (χ1n) is 11.2. The highest BCUT2D eigenvalue weighted by atomic mass is 16.4. The van der Waals surface area contributed by atoms with E-state index in [-0.39, 0.29) is 5.92 Å². The van der Waals surface area contributed by atoms with E-state index < -0.39 is 5.97 Å². The summed E-state index contributed by atoms with van der Waals surface area (Å²) in [5.74, 6) is -1.03. The Bertz CT molecular complexity index is 1140. The Balaban J connectivity index is 1.92. The molecular weight excluding hydrogens is 396 g/mol. The van der Waals surface area contributed by atoms with Gasteiger partial charge < -0.3 is 14.6 Å². The number of aryl methyl sites for hydroxylation is 1. The van der Waals surface area contributed by atoms with Crippen LogP contribution in [-0.4, -0.2) is 41.2 Å². The maximum Gasteiger partial charge on any atom is 0.352 e. The predicted molar refractivity (Wildman–Crippen MR) is 131 cm³/mol. The maximum atomic E-state index is 12.7. The van der Waals surface area contributed by atoms with Crippen LogP contribution in [0, 0.1) is 0 Å². The Labute approximate surface area is 189 Å². The number of para-hydroxylation sites is 1. The van der Waals surface area contributed by atoms with Crippen molar-refractivity contribution in [3.8, 4) is 0 Å². The molecule has 0 aliphatic rings. The number of aromatic carboxylic acids is 1. The summed E-state index contributed by atoms with van der Waals surface area (Å²) in [5.41, 5.74) is 4.45. The van der Waals surface area contributed by atoms with Crippen molar-refractivity contribution in [2.75, 3.05) is 20.6 Å². The van der Waals surface area contributed by atoms with E-state index in [1.807, 2.05) is 59.2 Å². The van der Waals surface area contributed by atoms with E-state index in [1.165, 1.54) is 0 Å². The van der Waals surface area contributed by atoms with Crippen molar-refractivity contribution in [3.63, 3.8) is 0 Å². The van der Waals surface area contributed by atoms with E-state index in [4.69, 9.17) is 0 Å². The molecule has 4 heteroatoms. The van der Waals surface area contributed by atoms with Gasteiger partial charge in [-0.2, -0.15) is 0 Å². The molecule has 1 heterocycles. The van der Waals surface area contributed by atoms with Crippen molar-refractivity contribution >= 4 is 16.9 Å². The summed E-state index contributed by atoms with van der Waals surface area (Å²) < 4.78 is 2.02. The lowest BCUT2D eigenvalue weighted by Crippen LogP contribution is -2.16. The summed E-state index contributed by atoms with van der Waals surface area (Å²) in [4.78, 5) is 14.9. The molecule has 0 aliphatic heterocycles. The first-order valence-corrected chi connectivity index (χ1v) is 11.2. The second-order valence-corrected chi connectivity index (χ2v) is 8.50. The SMILES string of the molecule is CN(C)CCCCn1c(C(=O)O)c(C(c2ccccc2)c2ccccc2)c2ccccc21. The zero-order valence-electron chi connectivity index (χ0n) is 18.7. The molecule has 0 radical (unpaired) electrons. The minimum Gasteiger partial charge on any atom is -0.477 e. The van der Waals surface area contributed by atoms with Gasteiger partial charge in [0, 0.05) is 28.9 Å². The molecule has 4 rings (SSSR count). The van der Waals surface area contributed by atoms with Crippen molar-refractivity contribution in [3.05, 3.63) is 107 Å². The summed E-state index contributed by atoms with van der Waals surface area (Å²) >= 11 is 0. The summed E-state index contributed by atoms with van der Waals surface area (Å²) in [6.45, 7) is 1.68. The molecule has 0 amide bonds. The number of hydrogen-bond donors (Lipinski definition) is 1. The van der Waals surface area contributed by atoms with Crippen molar-refractivity contribution in [2.24, 2.45) is 0 Å². The summed E-state index contributed by atoms with van der Waals surface area (Å²) in [5, 5.41) is 11.4. The molecule has 1 aromatic heterocycles. The van der Waals surface area contributed by atoms with Gasteiger partial charge in [0.05, 0.1) is 0 Å². The predicted octanol–water partition coefficient (Wildman–Crippen LogP) is 5.86. The van der Waals surface area contributed by atoms with Crippen LogP contribution in [0.5, 0.6) is 0 Å². The van der Waals surface area contributed by atoms with E-state index >= 15 is 0 Å². The fourth-order valence-electron chi connectivity index (χ4n) is 4.60. The molecule has 0 unspecified atom stereocenters. The number of rotatable bonds is 9. The van der Waals surface area contributed by atoms with Crippen LogP contribution in [-0.2, 0) is 6.54 Å². The van der Waals surface area contributed by atoms with Gasteiger partial charge in [-0.05, 0) is 50.7 Å². The molecule has 0 spiro atoms. The largest absolute Gasteiger partial charge is 0.477 e. The summed E-state index contributed by atoms with van der Waals surface area (Å²) in [6.07, 6.45) is 1.95. The maximum absolute atomic E-state index is 12.7. The van der Waals surface area contributed by atoms with E-state index in [1.54, 1.807) is 0 Å². The van der Waals surface area contributed by atoms with Gasteiger partial charge in [-0.15, -0.1) is 0 Å². The van der Waals surface area contributed by atoms with Gasteiger partial charge in [-0.1, -0.05) is 78.9 Å². The zero-order valence-corrected chi connectivity index (χ0v) is 18.7. The molecular formula is C28H30N2O2. The average molecular weight is 427 g/mol. The molecule has 4 nitrogen and oxygen atoms in total. The number of carboxylic acid groups (broad SMARTS) is 1. The molecule has 4 aromatic rings. The molecule has 0 bridgehead atoms. The normalized spacial score (nSPS) is 11.5. The number of fused-ring (bicyclic) bond motifs is 1. The van der Waals surface area contributed by atoms with Crippen LogP contribution >= 0.6 is 0 Å². The van der Waals surface area contributed by atoms with Gasteiger partial charge in [0.15, 0.2) is 0 Å². The standard InChI is InChI=1S/C28H30N2O2/c1-29(2)19-11-12-20-30-24-18-10-9-17-23(24)26(27(30)28(31)32)25(21-13-5-3-6-14-21)22-15-7-4-8-16-22/h3-10,13-18,25H,11-12,19-20H2,1-2H3,(H,31,32). The second-order valence-electron chi connectivity index (χ2n) is 8.50. The van der Waals surface area contributed by atoms with Crippen molar-refractivity contribution in [1.82, 2.24) is 9.47 Å². The fourth-order valence-corrected chi connectivity index (χ4v) is 4.60. The monoisotopic (exact) mass is 426 g/mol. The molecule has 0 saturated carbocycles. The number of benzene rings is 3. The average Bonchev–Trinajstić information content (AvgIpc) is 3.13. The number of unbranched alkanes of at least 4 members (excludes halogenated alkanes) is 1. The van der Waals surface area contributed by atoms with Crippen LogP contribution in [0.4, 0.5) is 0 Å². The number of carbonyl (C=O) groups is 1. The summed E-state index contributed by atoms with van der Waals surface area (Å²) in [7, 11) is 4.13. The van der Waals surface area contributed by atoms with Crippen LogP contribution in [0.1, 0.15) is 45.9 Å². The molecule has 0 atom stereocenters. The topological polar surface area (TPSA) is 45.5 Å². The smallest absolute Gasteiger partial charge is 0.352 e. The Morgan fingerprint density at radius 1 is 0.844 bits per heavy atom. The van der Waals surface area contributed by atoms with Crippen LogP contribution < -0.4 is 0 Å². The minimum atomic E-state index is -0.874. The minimum absolute atomic E-state index is 0.156. The Morgan fingerprint density at radius 3 is 1.97 bits per heavy atom. The Morgan fingerprint density at radius 2 is 1.41 bits per heavy atom. The quantitative estimate of drug-likeness (QED) is 0.341. The van der Waals surface area contributed by atoms with E-state index in [0.29, 0.717) is 12.2 Å². The lowest BCUT2D eigenvalue weighted by atomic mass is 9.83. The van der Waals surface area contributed by atoms with Crippen molar-refractivity contribution < 1.29 is 9.90 Å². The summed E-state index contributed by atoms with van der Waals surface area (Å²) in [6, 6.07) is 28.5. The molecule has 0 saturated heterocycles. The van der Waals surface area contributed by atoms with E-state index in [2.05, 4.69) is 49.3 Å². The van der Waals surface area contributed by atoms with Gasteiger partial charge in [0.25, 0.3) is 0 Å². The van der Waals surface area contributed by atoms with E-state index in [0.717, 1.165) is 47.0 Å². The number of carboxylic acids is 1. The Kier molecular flexibility index (Phi) is 6.72. The van der Waals surface area contributed by atoms with Crippen LogP contribution in [0.2, 0.25) is 0 Å². The van der Waals surface area contributed by atoms with Gasteiger partial charge in [0.2, 0.25) is 0 Å².